The fourth-order valence-corrected chi connectivity index (χ4v) is 6.77. The molecule has 0 spiro atoms. The van der Waals surface area contributed by atoms with Crippen LogP contribution in [-0.2, 0) is 34.0 Å². The Labute approximate surface area is 389 Å². The Kier molecular flexibility index (Phi) is 16.4. The molecule has 0 saturated carbocycles. The van der Waals surface area contributed by atoms with E-state index in [0.717, 1.165) is 44.8 Å². The third kappa shape index (κ3) is 13.3. The second-order valence-corrected chi connectivity index (χ2v) is 15.5. The number of rotatable bonds is 22. The topological polar surface area (TPSA) is 142 Å². The first-order chi connectivity index (χ1) is 32.4. The minimum absolute atomic E-state index is 0.0953. The lowest BCUT2D eigenvalue weighted by atomic mass is 9.78. The van der Waals surface area contributed by atoms with Gasteiger partial charge in [-0.2, -0.15) is 0 Å². The Bertz CT molecular complexity index is 2640. The molecule has 0 bridgehead atoms. The number of fused-ring (bicyclic) bond motifs is 2. The minimum atomic E-state index is -0.923. The highest BCUT2D eigenvalue weighted by Gasteiger charge is 2.25. The van der Waals surface area contributed by atoms with Crippen molar-refractivity contribution in [1.29, 1.82) is 0 Å². The number of terminal acetylenes is 2. The quantitative estimate of drug-likeness (QED) is 0.0278. The van der Waals surface area contributed by atoms with Gasteiger partial charge in [-0.15, -0.1) is 12.8 Å². The Morgan fingerprint density at radius 3 is 1.24 bits per heavy atom. The predicted octanol–water partition coefficient (Wildman–Crippen LogP) is 9.01. The van der Waals surface area contributed by atoms with Gasteiger partial charge in [-0.3, -0.25) is 0 Å². The monoisotopic (exact) mass is 900 g/mol. The van der Waals surface area contributed by atoms with E-state index in [4.69, 9.17) is 50.7 Å². The van der Waals surface area contributed by atoms with Gasteiger partial charge in [-0.1, -0.05) is 87.4 Å². The van der Waals surface area contributed by atoms with Crippen LogP contribution in [0.2, 0.25) is 0 Å². The summed E-state index contributed by atoms with van der Waals surface area (Å²) >= 11 is 0. The van der Waals surface area contributed by atoms with Crippen LogP contribution in [0.15, 0.2) is 147 Å². The number of hydrogen-bond donors (Lipinski definition) is 0. The van der Waals surface area contributed by atoms with Gasteiger partial charge in [-0.25, -0.2) is 19.2 Å². The van der Waals surface area contributed by atoms with E-state index in [1.807, 2.05) is 48.5 Å². The highest BCUT2D eigenvalue weighted by atomic mass is 16.6. The molecule has 6 aromatic rings. The average molecular weight is 901 g/mol. The van der Waals surface area contributed by atoms with Crippen LogP contribution in [0.25, 0.3) is 21.5 Å². The summed E-state index contributed by atoms with van der Waals surface area (Å²) in [5.41, 5.74) is 2.14. The molecule has 0 amide bonds. The highest BCUT2D eigenvalue weighted by molar-refractivity contribution is 5.96. The van der Waals surface area contributed by atoms with Crippen molar-refractivity contribution in [2.75, 3.05) is 39.6 Å². The summed E-state index contributed by atoms with van der Waals surface area (Å²) in [6.07, 6.45) is 10.8. The SMILES string of the molecule is C#CCOc1ccc2cc(C(=O)OCC(COc3ccc(C(C)(C)c4ccc(OCC(COC(=O)c5ccc6cc(OCC#C)ccc6c5)OC(=O)C=C)cc4)cc3)OC(=O)C=C)ccc2c1. The molecule has 2 atom stereocenters. The maximum atomic E-state index is 13.0. The van der Waals surface area contributed by atoms with Crippen LogP contribution in [0.5, 0.6) is 23.0 Å². The van der Waals surface area contributed by atoms with Crippen molar-refractivity contribution >= 4 is 45.4 Å². The molecule has 0 heterocycles. The molecular formula is C55H48O12. The van der Waals surface area contributed by atoms with E-state index >= 15 is 0 Å². The van der Waals surface area contributed by atoms with Gasteiger partial charge in [0.2, 0.25) is 0 Å². The van der Waals surface area contributed by atoms with E-state index in [-0.39, 0.29) is 39.6 Å². The third-order valence-corrected chi connectivity index (χ3v) is 10.5. The van der Waals surface area contributed by atoms with Crippen LogP contribution >= 0.6 is 0 Å². The normalized spacial score (nSPS) is 11.7. The first kappa shape index (κ1) is 48.0. The van der Waals surface area contributed by atoms with E-state index in [1.54, 1.807) is 72.8 Å². The lowest BCUT2D eigenvalue weighted by Gasteiger charge is -2.27. The molecule has 0 fully saturated rings. The van der Waals surface area contributed by atoms with Crippen LogP contribution < -0.4 is 18.9 Å². The molecule has 340 valence electrons. The molecular weight excluding hydrogens is 853 g/mol. The van der Waals surface area contributed by atoms with E-state index in [9.17, 15) is 19.2 Å². The molecule has 0 aliphatic heterocycles. The molecule has 0 radical (unpaired) electrons. The molecule has 2 unspecified atom stereocenters. The number of carbonyl (C=O) groups is 4. The van der Waals surface area contributed by atoms with Crippen molar-refractivity contribution in [1.82, 2.24) is 0 Å². The molecule has 0 N–H and O–H groups in total. The Morgan fingerprint density at radius 1 is 0.507 bits per heavy atom. The smallest absolute Gasteiger partial charge is 0.338 e. The van der Waals surface area contributed by atoms with Gasteiger partial charge < -0.3 is 37.9 Å². The van der Waals surface area contributed by atoms with Gasteiger partial charge in [0.25, 0.3) is 0 Å². The zero-order chi connectivity index (χ0) is 47.8. The number of ether oxygens (including phenoxy) is 8. The Balaban J connectivity index is 1.01. The van der Waals surface area contributed by atoms with Gasteiger partial charge in [0.1, 0.15) is 62.6 Å². The van der Waals surface area contributed by atoms with Crippen LogP contribution in [0.1, 0.15) is 45.7 Å². The molecule has 12 nitrogen and oxygen atoms in total. The number of benzene rings is 6. The Hall–Kier alpha value is -8.48. The lowest BCUT2D eigenvalue weighted by molar-refractivity contribution is -0.147. The zero-order valence-corrected chi connectivity index (χ0v) is 37.1. The van der Waals surface area contributed by atoms with Gasteiger partial charge in [0.15, 0.2) is 12.2 Å². The minimum Gasteiger partial charge on any atom is -0.490 e. The molecule has 67 heavy (non-hydrogen) atoms. The summed E-state index contributed by atoms with van der Waals surface area (Å²) in [6.45, 7) is 10.7. The number of hydrogen-bond acceptors (Lipinski definition) is 12. The van der Waals surface area contributed by atoms with Crippen LogP contribution in [0.3, 0.4) is 0 Å². The first-order valence-electron chi connectivity index (χ1n) is 21.1. The van der Waals surface area contributed by atoms with Gasteiger partial charge >= 0.3 is 23.9 Å². The summed E-state index contributed by atoms with van der Waals surface area (Å²) in [6, 6.07) is 36.0. The maximum Gasteiger partial charge on any atom is 0.338 e. The molecule has 0 aliphatic rings. The van der Waals surface area contributed by atoms with Gasteiger partial charge in [-0.05, 0) is 105 Å². The molecule has 6 rings (SSSR count). The fraction of sp³-hybridized carbons (Fsp3) is 0.200. The van der Waals surface area contributed by atoms with Crippen molar-refractivity contribution in [3.8, 4) is 47.7 Å². The highest BCUT2D eigenvalue weighted by Crippen LogP contribution is 2.34. The van der Waals surface area contributed by atoms with Crippen molar-refractivity contribution in [2.45, 2.75) is 31.5 Å². The molecule has 0 aliphatic carbocycles. The van der Waals surface area contributed by atoms with Crippen molar-refractivity contribution in [3.05, 3.63) is 169 Å². The standard InChI is InChI=1S/C55H48O12/c1-7-27-60-47-21-15-37-29-41(13-11-39(37)31-47)53(58)64-35-49(66-51(56)9-3)33-62-45-23-17-43(18-24-45)55(5,6)44-19-25-46(26-20-44)63-34-50(67-52(57)10-4)36-65-54(59)42-14-12-40-32-48(61-28-8-2)22-16-38(40)30-42/h1-2,9-26,29-32,49-50H,3-4,27-28,33-36H2,5-6H3. The largest absolute Gasteiger partial charge is 0.490 e. The second kappa shape index (κ2) is 22.9. The maximum absolute atomic E-state index is 13.0. The summed E-state index contributed by atoms with van der Waals surface area (Å²) in [5, 5.41) is 3.31. The molecule has 0 aromatic heterocycles. The predicted molar refractivity (Wildman–Crippen MR) is 253 cm³/mol. The molecule has 6 aromatic carbocycles. The number of carbonyl (C=O) groups excluding carboxylic acids is 4. The number of esters is 4. The van der Waals surface area contributed by atoms with E-state index in [2.05, 4.69) is 38.8 Å². The third-order valence-electron chi connectivity index (χ3n) is 10.5. The van der Waals surface area contributed by atoms with E-state index in [1.165, 1.54) is 0 Å². The lowest BCUT2D eigenvalue weighted by Crippen LogP contribution is -2.30. The van der Waals surface area contributed by atoms with Gasteiger partial charge in [0, 0.05) is 17.6 Å². The first-order valence-corrected chi connectivity index (χ1v) is 21.1. The molecule has 0 saturated heterocycles. The van der Waals surface area contributed by atoms with Gasteiger partial charge in [0.05, 0.1) is 11.1 Å². The fourth-order valence-electron chi connectivity index (χ4n) is 6.77. The average Bonchev–Trinajstić information content (AvgIpc) is 3.35. The van der Waals surface area contributed by atoms with Crippen molar-refractivity contribution < 1.29 is 57.1 Å². The van der Waals surface area contributed by atoms with Crippen LogP contribution in [0.4, 0.5) is 0 Å². The molecule has 12 heteroatoms. The van der Waals surface area contributed by atoms with Crippen molar-refractivity contribution in [3.63, 3.8) is 0 Å². The van der Waals surface area contributed by atoms with E-state index in [0.29, 0.717) is 34.1 Å². The summed E-state index contributed by atoms with van der Waals surface area (Å²) in [5.74, 6) is 4.52. The van der Waals surface area contributed by atoms with E-state index < -0.39 is 41.5 Å². The summed E-state index contributed by atoms with van der Waals surface area (Å²) in [4.78, 5) is 50.4. The van der Waals surface area contributed by atoms with Crippen molar-refractivity contribution in [2.24, 2.45) is 0 Å². The second-order valence-electron chi connectivity index (χ2n) is 15.5. The van der Waals surface area contributed by atoms with Crippen LogP contribution in [0, 0.1) is 24.7 Å². The summed E-state index contributed by atoms with van der Waals surface area (Å²) in [7, 11) is 0. The van der Waals surface area contributed by atoms with Crippen LogP contribution in [-0.4, -0.2) is 75.7 Å². The zero-order valence-electron chi connectivity index (χ0n) is 37.1. The summed E-state index contributed by atoms with van der Waals surface area (Å²) < 4.78 is 44.9. The Morgan fingerprint density at radius 2 is 0.866 bits per heavy atom.